The molecule has 32 heavy (non-hydrogen) atoms. The number of methoxy groups -OCH3 is 2. The van der Waals surface area contributed by atoms with Crippen LogP contribution in [0.5, 0.6) is 17.2 Å². The third-order valence-electron chi connectivity index (χ3n) is 5.02. The summed E-state index contributed by atoms with van der Waals surface area (Å²) in [4.78, 5) is 13.2. The van der Waals surface area contributed by atoms with Crippen molar-refractivity contribution in [2.45, 2.75) is 11.0 Å². The number of hydrogen-bond donors (Lipinski definition) is 1. The lowest BCUT2D eigenvalue weighted by Gasteiger charge is -2.34. The monoisotopic (exact) mass is 454 g/mol. The zero-order valence-corrected chi connectivity index (χ0v) is 18.3. The zero-order chi connectivity index (χ0) is 22.7. The Bertz CT molecular complexity index is 1230. The largest absolute Gasteiger partial charge is 0.497 e. The molecule has 0 saturated carbocycles. The zero-order valence-electron chi connectivity index (χ0n) is 17.5. The fourth-order valence-corrected chi connectivity index (χ4v) is 4.91. The van der Waals surface area contributed by atoms with E-state index in [0.29, 0.717) is 28.6 Å². The van der Waals surface area contributed by atoms with Gasteiger partial charge >= 0.3 is 0 Å². The van der Waals surface area contributed by atoms with Crippen LogP contribution in [0.2, 0.25) is 0 Å². The van der Waals surface area contributed by atoms with Gasteiger partial charge in [-0.25, -0.2) is 8.42 Å². The van der Waals surface area contributed by atoms with Crippen molar-refractivity contribution in [1.29, 1.82) is 0 Å². The third kappa shape index (κ3) is 4.06. The van der Waals surface area contributed by atoms with E-state index in [9.17, 15) is 13.2 Å². The molecule has 4 rings (SSSR count). The molecule has 9 heteroatoms. The number of amides is 1. The molecule has 0 bridgehead atoms. The summed E-state index contributed by atoms with van der Waals surface area (Å²) in [5, 5.41) is 2.76. The van der Waals surface area contributed by atoms with Gasteiger partial charge in [0.1, 0.15) is 17.2 Å². The second-order valence-corrected chi connectivity index (χ2v) is 8.84. The average Bonchev–Trinajstić information content (AvgIpc) is 2.83. The molecule has 0 saturated heterocycles. The summed E-state index contributed by atoms with van der Waals surface area (Å²) < 4.78 is 44.3. The van der Waals surface area contributed by atoms with Gasteiger partial charge in [-0.15, -0.1) is 0 Å². The summed E-state index contributed by atoms with van der Waals surface area (Å²) in [5.74, 6) is 0.753. The van der Waals surface area contributed by atoms with Crippen LogP contribution in [-0.4, -0.2) is 41.2 Å². The summed E-state index contributed by atoms with van der Waals surface area (Å²) in [6, 6.07) is 19.8. The quantitative estimate of drug-likeness (QED) is 0.614. The van der Waals surface area contributed by atoms with Crippen LogP contribution in [0.25, 0.3) is 0 Å². The van der Waals surface area contributed by atoms with E-state index in [4.69, 9.17) is 14.2 Å². The van der Waals surface area contributed by atoms with E-state index in [1.54, 1.807) is 60.7 Å². The molecule has 166 valence electrons. The van der Waals surface area contributed by atoms with E-state index >= 15 is 0 Å². The molecule has 1 atom stereocenters. The fraction of sp³-hybridized carbons (Fsp3) is 0.174. The summed E-state index contributed by atoms with van der Waals surface area (Å²) >= 11 is 0. The van der Waals surface area contributed by atoms with Gasteiger partial charge in [0.25, 0.3) is 15.9 Å². The lowest BCUT2D eigenvalue weighted by molar-refractivity contribution is -0.122. The van der Waals surface area contributed by atoms with Crippen LogP contribution in [0.4, 0.5) is 11.4 Å². The highest BCUT2D eigenvalue weighted by Gasteiger charge is 2.37. The molecule has 1 unspecified atom stereocenters. The Morgan fingerprint density at radius 3 is 2.44 bits per heavy atom. The number of carbonyl (C=O) groups is 1. The van der Waals surface area contributed by atoms with Gasteiger partial charge in [0.05, 0.1) is 37.0 Å². The van der Waals surface area contributed by atoms with E-state index in [2.05, 4.69) is 5.32 Å². The molecule has 0 aliphatic carbocycles. The molecular weight excluding hydrogens is 432 g/mol. The highest BCUT2D eigenvalue weighted by atomic mass is 32.2. The maximum absolute atomic E-state index is 13.4. The van der Waals surface area contributed by atoms with Gasteiger partial charge in [0.2, 0.25) is 0 Å². The van der Waals surface area contributed by atoms with E-state index in [-0.39, 0.29) is 11.4 Å². The molecule has 0 spiro atoms. The standard InChI is InChI=1S/C23H22N2O6S/c1-29-16-12-13-20(30-2)18(14-16)24-23(26)22-15-25(19-10-6-7-11-21(19)31-22)32(27,28)17-8-4-3-5-9-17/h3-14,22H,15H2,1-2H3,(H,24,26). The van der Waals surface area contributed by atoms with Crippen molar-refractivity contribution in [2.24, 2.45) is 0 Å². The Labute approximate surface area is 186 Å². The van der Waals surface area contributed by atoms with Crippen molar-refractivity contribution in [3.05, 3.63) is 72.8 Å². The van der Waals surface area contributed by atoms with Crippen LogP contribution in [0.1, 0.15) is 0 Å². The minimum atomic E-state index is -3.91. The molecule has 1 heterocycles. The van der Waals surface area contributed by atoms with E-state index in [1.165, 1.54) is 30.7 Å². The predicted octanol–water partition coefficient (Wildman–Crippen LogP) is 3.30. The van der Waals surface area contributed by atoms with Crippen molar-refractivity contribution in [2.75, 3.05) is 30.4 Å². The molecule has 1 amide bonds. The molecule has 0 aromatic heterocycles. The summed E-state index contributed by atoms with van der Waals surface area (Å²) in [7, 11) is -0.910. The predicted molar refractivity (Wildman–Crippen MR) is 120 cm³/mol. The summed E-state index contributed by atoms with van der Waals surface area (Å²) in [6.45, 7) is -0.188. The van der Waals surface area contributed by atoms with E-state index in [1.807, 2.05) is 0 Å². The van der Waals surface area contributed by atoms with E-state index in [0.717, 1.165) is 0 Å². The lowest BCUT2D eigenvalue weighted by Crippen LogP contribution is -2.48. The number of para-hydroxylation sites is 2. The molecular formula is C23H22N2O6S. The first kappa shape index (κ1) is 21.5. The van der Waals surface area contributed by atoms with Crippen LogP contribution in [0.15, 0.2) is 77.7 Å². The maximum Gasteiger partial charge on any atom is 0.267 e. The minimum absolute atomic E-state index is 0.130. The van der Waals surface area contributed by atoms with Crippen LogP contribution in [0.3, 0.4) is 0 Å². The molecule has 3 aromatic rings. The van der Waals surface area contributed by atoms with Gasteiger partial charge in [-0.1, -0.05) is 30.3 Å². The number of nitrogens with one attached hydrogen (secondary N) is 1. The number of carbonyl (C=O) groups excluding carboxylic acids is 1. The first-order valence-electron chi connectivity index (χ1n) is 9.80. The molecule has 0 fully saturated rings. The number of fused-ring (bicyclic) bond motifs is 1. The normalized spacial score (nSPS) is 15.3. The van der Waals surface area contributed by atoms with Gasteiger partial charge in [-0.2, -0.15) is 0 Å². The highest BCUT2D eigenvalue weighted by molar-refractivity contribution is 7.92. The molecule has 1 aliphatic heterocycles. The topological polar surface area (TPSA) is 94.2 Å². The van der Waals surface area contributed by atoms with Crippen molar-refractivity contribution >= 4 is 27.3 Å². The molecule has 3 aromatic carbocycles. The maximum atomic E-state index is 13.4. The Balaban J connectivity index is 1.67. The Morgan fingerprint density at radius 1 is 1.00 bits per heavy atom. The Hall–Kier alpha value is -3.72. The fourth-order valence-electron chi connectivity index (χ4n) is 3.41. The second kappa shape index (κ2) is 8.80. The first-order valence-corrected chi connectivity index (χ1v) is 11.2. The number of anilines is 2. The number of benzene rings is 3. The number of rotatable bonds is 6. The van der Waals surface area contributed by atoms with Crippen molar-refractivity contribution in [1.82, 2.24) is 0 Å². The number of sulfonamides is 1. The van der Waals surface area contributed by atoms with Gasteiger partial charge in [0, 0.05) is 6.07 Å². The van der Waals surface area contributed by atoms with Crippen LogP contribution < -0.4 is 23.8 Å². The van der Waals surface area contributed by atoms with Crippen molar-refractivity contribution in [3.8, 4) is 17.2 Å². The molecule has 0 radical (unpaired) electrons. The smallest absolute Gasteiger partial charge is 0.267 e. The van der Waals surface area contributed by atoms with Crippen LogP contribution >= 0.6 is 0 Å². The third-order valence-corrected chi connectivity index (χ3v) is 6.82. The SMILES string of the molecule is COc1ccc(OC)c(NC(=O)C2CN(S(=O)(=O)c3ccccc3)c3ccccc3O2)c1. The van der Waals surface area contributed by atoms with Gasteiger partial charge < -0.3 is 19.5 Å². The highest BCUT2D eigenvalue weighted by Crippen LogP contribution is 2.37. The van der Waals surface area contributed by atoms with Crippen LogP contribution in [-0.2, 0) is 14.8 Å². The van der Waals surface area contributed by atoms with Gasteiger partial charge in [-0.05, 0) is 36.4 Å². The molecule has 1 aliphatic rings. The first-order chi connectivity index (χ1) is 15.4. The number of nitrogens with zero attached hydrogens (tertiary/aromatic N) is 1. The summed E-state index contributed by atoms with van der Waals surface area (Å²) in [6.07, 6.45) is -1.08. The van der Waals surface area contributed by atoms with Gasteiger partial charge in [0.15, 0.2) is 6.10 Å². The molecule has 1 N–H and O–H groups in total. The lowest BCUT2D eigenvalue weighted by atomic mass is 10.2. The Morgan fingerprint density at radius 2 is 1.72 bits per heavy atom. The number of hydrogen-bond acceptors (Lipinski definition) is 6. The van der Waals surface area contributed by atoms with Crippen molar-refractivity contribution < 1.29 is 27.4 Å². The van der Waals surface area contributed by atoms with E-state index < -0.39 is 22.0 Å². The van der Waals surface area contributed by atoms with Crippen molar-refractivity contribution in [3.63, 3.8) is 0 Å². The molecule has 8 nitrogen and oxygen atoms in total. The van der Waals surface area contributed by atoms with Crippen LogP contribution in [0, 0.1) is 0 Å². The number of ether oxygens (including phenoxy) is 3. The van der Waals surface area contributed by atoms with Gasteiger partial charge in [-0.3, -0.25) is 9.10 Å². The second-order valence-electron chi connectivity index (χ2n) is 6.98. The average molecular weight is 455 g/mol. The minimum Gasteiger partial charge on any atom is -0.497 e. The Kier molecular flexibility index (Phi) is 5.91. The summed E-state index contributed by atoms with van der Waals surface area (Å²) in [5.41, 5.74) is 0.760.